The van der Waals surface area contributed by atoms with Gasteiger partial charge in [-0.05, 0) is 60.7 Å². The van der Waals surface area contributed by atoms with Crippen molar-refractivity contribution >= 4 is 0 Å². The van der Waals surface area contributed by atoms with Crippen LogP contribution in [-0.2, 0) is 0 Å². The van der Waals surface area contributed by atoms with E-state index in [1.807, 2.05) is 0 Å². The normalized spacial score (nSPS) is 49.8. The minimum Gasteiger partial charge on any atom is -0.103 e. The Hall–Kier alpha value is -0.520. The van der Waals surface area contributed by atoms with Gasteiger partial charge in [0.05, 0.1) is 0 Å². The lowest BCUT2D eigenvalue weighted by molar-refractivity contribution is -0.00422. The molecule has 2 fully saturated rings. The molecule has 0 heteroatoms. The van der Waals surface area contributed by atoms with Gasteiger partial charge in [-0.25, -0.2) is 0 Å². The van der Waals surface area contributed by atoms with E-state index in [0.717, 1.165) is 17.8 Å². The Bertz CT molecular complexity index is 404. The Morgan fingerprint density at radius 1 is 1.26 bits per heavy atom. The third kappa shape index (κ3) is 2.03. The first-order chi connectivity index (χ1) is 8.98. The van der Waals surface area contributed by atoms with Crippen molar-refractivity contribution in [1.82, 2.24) is 0 Å². The van der Waals surface area contributed by atoms with Gasteiger partial charge in [0, 0.05) is 0 Å². The lowest BCUT2D eigenvalue weighted by atomic mass is 9.49. The van der Waals surface area contributed by atoms with Crippen molar-refractivity contribution in [2.75, 3.05) is 0 Å². The molecule has 19 heavy (non-hydrogen) atoms. The van der Waals surface area contributed by atoms with E-state index in [-0.39, 0.29) is 0 Å². The maximum Gasteiger partial charge on any atom is -0.0112 e. The third-order valence-electron chi connectivity index (χ3n) is 6.89. The van der Waals surface area contributed by atoms with Crippen LogP contribution in [0.2, 0.25) is 0 Å². The fraction of sp³-hybridized carbons (Fsp3) is 0.789. The minimum absolute atomic E-state index is 0.367. The van der Waals surface area contributed by atoms with Crippen LogP contribution in [0.1, 0.15) is 65.7 Å². The zero-order valence-electron chi connectivity index (χ0n) is 13.0. The van der Waals surface area contributed by atoms with E-state index >= 15 is 0 Å². The number of rotatable bonds is 1. The van der Waals surface area contributed by atoms with Crippen molar-refractivity contribution in [3.05, 3.63) is 24.3 Å². The van der Waals surface area contributed by atoms with E-state index in [1.165, 1.54) is 44.9 Å². The fourth-order valence-electron chi connectivity index (χ4n) is 5.53. The summed E-state index contributed by atoms with van der Waals surface area (Å²) in [7, 11) is 0. The van der Waals surface area contributed by atoms with E-state index in [2.05, 4.69) is 39.5 Å². The summed E-state index contributed by atoms with van der Waals surface area (Å²) in [5.74, 6) is 2.76. The SMILES string of the molecule is C=C[C@@]1(C)CCC2C(=CCC3C(C)CCCC23C)C1. The number of hydrogen-bond donors (Lipinski definition) is 0. The maximum absolute atomic E-state index is 4.08. The van der Waals surface area contributed by atoms with Gasteiger partial charge in [0.25, 0.3) is 0 Å². The monoisotopic (exact) mass is 258 g/mol. The summed E-state index contributed by atoms with van der Waals surface area (Å²) in [5.41, 5.74) is 2.75. The first-order valence-corrected chi connectivity index (χ1v) is 8.31. The highest BCUT2D eigenvalue weighted by atomic mass is 14.5. The molecule has 0 amide bonds. The van der Waals surface area contributed by atoms with Gasteiger partial charge in [0.15, 0.2) is 0 Å². The average molecular weight is 258 g/mol. The molecule has 5 atom stereocenters. The molecule has 0 saturated heterocycles. The third-order valence-corrected chi connectivity index (χ3v) is 6.89. The Morgan fingerprint density at radius 3 is 2.79 bits per heavy atom. The number of hydrogen-bond acceptors (Lipinski definition) is 0. The number of allylic oxidation sites excluding steroid dienone is 3. The molecular weight excluding hydrogens is 228 g/mol. The Morgan fingerprint density at radius 2 is 2.05 bits per heavy atom. The summed E-state index contributed by atoms with van der Waals surface area (Å²) in [5, 5.41) is 0. The van der Waals surface area contributed by atoms with Gasteiger partial charge >= 0.3 is 0 Å². The summed E-state index contributed by atoms with van der Waals surface area (Å²) >= 11 is 0. The predicted molar refractivity (Wildman–Crippen MR) is 83.0 cm³/mol. The molecule has 4 unspecified atom stereocenters. The van der Waals surface area contributed by atoms with E-state index in [4.69, 9.17) is 0 Å². The van der Waals surface area contributed by atoms with Gasteiger partial charge in [-0.3, -0.25) is 0 Å². The van der Waals surface area contributed by atoms with Crippen LogP contribution in [0.3, 0.4) is 0 Å². The van der Waals surface area contributed by atoms with Crippen molar-refractivity contribution in [1.29, 1.82) is 0 Å². The highest BCUT2D eigenvalue weighted by Gasteiger charge is 2.50. The van der Waals surface area contributed by atoms with Gasteiger partial charge in [-0.1, -0.05) is 51.3 Å². The second-order valence-electron chi connectivity index (χ2n) is 8.12. The maximum atomic E-state index is 4.08. The smallest absolute Gasteiger partial charge is 0.0112 e. The van der Waals surface area contributed by atoms with E-state index in [9.17, 15) is 0 Å². The van der Waals surface area contributed by atoms with Gasteiger partial charge in [-0.2, -0.15) is 0 Å². The van der Waals surface area contributed by atoms with Gasteiger partial charge in [0.2, 0.25) is 0 Å². The van der Waals surface area contributed by atoms with Crippen molar-refractivity contribution < 1.29 is 0 Å². The molecule has 0 radical (unpaired) electrons. The van der Waals surface area contributed by atoms with Crippen molar-refractivity contribution in [3.63, 3.8) is 0 Å². The first-order valence-electron chi connectivity index (χ1n) is 8.31. The van der Waals surface area contributed by atoms with E-state index in [1.54, 1.807) is 5.57 Å². The number of fused-ring (bicyclic) bond motifs is 3. The molecule has 0 nitrogen and oxygen atoms in total. The molecule has 0 aromatic rings. The lowest BCUT2D eigenvalue weighted by Crippen LogP contribution is -2.46. The summed E-state index contributed by atoms with van der Waals surface area (Å²) in [4.78, 5) is 0. The van der Waals surface area contributed by atoms with Crippen LogP contribution < -0.4 is 0 Å². The lowest BCUT2D eigenvalue weighted by Gasteiger charge is -2.56. The predicted octanol–water partition coefficient (Wildman–Crippen LogP) is 5.75. The fourth-order valence-corrected chi connectivity index (χ4v) is 5.53. The topological polar surface area (TPSA) is 0 Å². The molecule has 0 aliphatic heterocycles. The summed E-state index contributed by atoms with van der Waals surface area (Å²) in [6.07, 6.45) is 14.6. The summed E-state index contributed by atoms with van der Waals surface area (Å²) < 4.78 is 0. The largest absolute Gasteiger partial charge is 0.103 e. The second kappa shape index (κ2) is 4.50. The Kier molecular flexibility index (Phi) is 3.19. The Balaban J connectivity index is 1.91. The standard InChI is InChI=1S/C19H30/c1-5-18(3)12-10-17-15(13-18)8-9-16-14(2)7-6-11-19(16,17)4/h5,8,14,16-17H,1,6-7,9-13H2,2-4H3/t14?,16?,17?,18-,19?/m0/s1. The van der Waals surface area contributed by atoms with Crippen LogP contribution in [0.5, 0.6) is 0 Å². The molecule has 0 bridgehead atoms. The van der Waals surface area contributed by atoms with Crippen LogP contribution in [0.15, 0.2) is 24.3 Å². The van der Waals surface area contributed by atoms with Crippen LogP contribution in [0.25, 0.3) is 0 Å². The molecule has 2 saturated carbocycles. The van der Waals surface area contributed by atoms with Crippen molar-refractivity contribution in [2.24, 2.45) is 28.6 Å². The van der Waals surface area contributed by atoms with Crippen LogP contribution in [0, 0.1) is 28.6 Å². The minimum atomic E-state index is 0.367. The van der Waals surface area contributed by atoms with E-state index in [0.29, 0.717) is 10.8 Å². The zero-order valence-corrected chi connectivity index (χ0v) is 13.0. The molecule has 0 N–H and O–H groups in total. The molecule has 0 aromatic carbocycles. The van der Waals surface area contributed by atoms with Gasteiger partial charge in [-0.15, -0.1) is 6.58 Å². The van der Waals surface area contributed by atoms with Gasteiger partial charge in [0.1, 0.15) is 0 Å². The van der Waals surface area contributed by atoms with Crippen LogP contribution in [-0.4, -0.2) is 0 Å². The van der Waals surface area contributed by atoms with Crippen LogP contribution >= 0.6 is 0 Å². The first kappa shape index (κ1) is 13.5. The molecular formula is C19H30. The van der Waals surface area contributed by atoms with Crippen molar-refractivity contribution in [3.8, 4) is 0 Å². The van der Waals surface area contributed by atoms with Crippen LogP contribution in [0.4, 0.5) is 0 Å². The highest BCUT2D eigenvalue weighted by Crippen LogP contribution is 2.60. The quantitative estimate of drug-likeness (QED) is 0.525. The zero-order chi connectivity index (χ0) is 13.7. The molecule has 3 rings (SSSR count). The Labute approximate surface area is 119 Å². The summed E-state index contributed by atoms with van der Waals surface area (Å²) in [6.45, 7) is 11.6. The molecule has 106 valence electrons. The van der Waals surface area contributed by atoms with E-state index < -0.39 is 0 Å². The molecule has 0 heterocycles. The summed E-state index contributed by atoms with van der Waals surface area (Å²) in [6, 6.07) is 0. The highest BCUT2D eigenvalue weighted by molar-refractivity contribution is 5.24. The van der Waals surface area contributed by atoms with Gasteiger partial charge < -0.3 is 0 Å². The molecule has 3 aliphatic carbocycles. The molecule has 3 aliphatic rings. The average Bonchev–Trinajstić information content (AvgIpc) is 2.38. The second-order valence-corrected chi connectivity index (χ2v) is 8.12. The molecule has 0 spiro atoms. The molecule has 0 aromatic heterocycles. The van der Waals surface area contributed by atoms with Crippen molar-refractivity contribution in [2.45, 2.75) is 65.7 Å².